The summed E-state index contributed by atoms with van der Waals surface area (Å²) in [7, 11) is 1.95. The molecule has 0 radical (unpaired) electrons. The first kappa shape index (κ1) is 12.2. The number of rotatable bonds is 4. The second-order valence-electron chi connectivity index (χ2n) is 3.47. The summed E-state index contributed by atoms with van der Waals surface area (Å²) in [5, 5.41) is 9.93. The number of hydrogen-bond donors (Lipinski definition) is 0. The first-order valence-corrected chi connectivity index (χ1v) is 6.47. The summed E-state index contributed by atoms with van der Waals surface area (Å²) < 4.78 is 1.97. The Morgan fingerprint density at radius 1 is 1.35 bits per heavy atom. The van der Waals surface area contributed by atoms with Crippen LogP contribution in [0.3, 0.4) is 0 Å². The molecule has 0 aliphatic carbocycles. The zero-order chi connectivity index (χ0) is 12.3. The van der Waals surface area contributed by atoms with Crippen molar-refractivity contribution in [3.8, 4) is 11.4 Å². The van der Waals surface area contributed by atoms with Gasteiger partial charge in [0.1, 0.15) is 0 Å². The fourth-order valence-corrected chi connectivity index (χ4v) is 2.20. The average molecular weight is 266 g/mol. The SMILES string of the molecule is C=CCSc1nnc(-c2ccc(Cl)cc2)n1C. The van der Waals surface area contributed by atoms with Crippen LogP contribution in [0.1, 0.15) is 0 Å². The number of aromatic nitrogens is 3. The lowest BCUT2D eigenvalue weighted by Crippen LogP contribution is -1.94. The van der Waals surface area contributed by atoms with Gasteiger partial charge in [-0.1, -0.05) is 29.4 Å². The van der Waals surface area contributed by atoms with Gasteiger partial charge in [-0.05, 0) is 24.3 Å². The molecule has 0 spiro atoms. The molecule has 0 atom stereocenters. The molecule has 0 amide bonds. The third-order valence-corrected chi connectivity index (χ3v) is 3.54. The second-order valence-corrected chi connectivity index (χ2v) is 4.90. The Morgan fingerprint density at radius 3 is 2.71 bits per heavy atom. The van der Waals surface area contributed by atoms with Crippen LogP contribution in [0.4, 0.5) is 0 Å². The van der Waals surface area contributed by atoms with E-state index in [1.54, 1.807) is 11.8 Å². The molecule has 3 nitrogen and oxygen atoms in total. The van der Waals surface area contributed by atoms with Gasteiger partial charge in [-0.15, -0.1) is 16.8 Å². The Kier molecular flexibility index (Phi) is 3.86. The third kappa shape index (κ3) is 2.70. The Bertz CT molecular complexity index is 519. The lowest BCUT2D eigenvalue weighted by atomic mass is 10.2. The van der Waals surface area contributed by atoms with Gasteiger partial charge in [-0.25, -0.2) is 0 Å². The molecule has 0 unspecified atom stereocenters. The summed E-state index contributed by atoms with van der Waals surface area (Å²) in [5.41, 5.74) is 1.01. The van der Waals surface area contributed by atoms with Gasteiger partial charge in [0.25, 0.3) is 0 Å². The van der Waals surface area contributed by atoms with E-state index in [9.17, 15) is 0 Å². The van der Waals surface area contributed by atoms with Crippen LogP contribution in [-0.2, 0) is 7.05 Å². The maximum atomic E-state index is 5.85. The first-order valence-electron chi connectivity index (χ1n) is 5.11. The Labute approximate surface area is 110 Å². The van der Waals surface area contributed by atoms with E-state index >= 15 is 0 Å². The molecule has 17 heavy (non-hydrogen) atoms. The minimum atomic E-state index is 0.720. The highest BCUT2D eigenvalue weighted by molar-refractivity contribution is 7.99. The molecule has 0 fully saturated rings. The summed E-state index contributed by atoms with van der Waals surface area (Å²) in [5.74, 6) is 1.67. The molecule has 2 rings (SSSR count). The van der Waals surface area contributed by atoms with Crippen LogP contribution in [0, 0.1) is 0 Å². The Balaban J connectivity index is 2.30. The monoisotopic (exact) mass is 265 g/mol. The topological polar surface area (TPSA) is 30.7 Å². The van der Waals surface area contributed by atoms with Crippen molar-refractivity contribution in [1.29, 1.82) is 0 Å². The normalized spacial score (nSPS) is 10.5. The van der Waals surface area contributed by atoms with Crippen molar-refractivity contribution in [2.45, 2.75) is 5.16 Å². The van der Waals surface area contributed by atoms with Crippen LogP contribution < -0.4 is 0 Å². The summed E-state index contributed by atoms with van der Waals surface area (Å²) in [6.45, 7) is 3.69. The molecule has 0 aliphatic heterocycles. The van der Waals surface area contributed by atoms with Crippen LogP contribution in [0.15, 0.2) is 42.1 Å². The molecular formula is C12H12ClN3S. The highest BCUT2D eigenvalue weighted by Crippen LogP contribution is 2.23. The highest BCUT2D eigenvalue weighted by Gasteiger charge is 2.10. The molecule has 5 heteroatoms. The smallest absolute Gasteiger partial charge is 0.191 e. The number of halogens is 1. The molecule has 88 valence electrons. The van der Waals surface area contributed by atoms with E-state index in [0.29, 0.717) is 0 Å². The van der Waals surface area contributed by atoms with Crippen molar-refractivity contribution < 1.29 is 0 Å². The number of thioether (sulfide) groups is 1. The lowest BCUT2D eigenvalue weighted by molar-refractivity contribution is 0.795. The minimum Gasteiger partial charge on any atom is -0.305 e. The van der Waals surface area contributed by atoms with Crippen LogP contribution in [0.2, 0.25) is 5.02 Å². The van der Waals surface area contributed by atoms with E-state index in [-0.39, 0.29) is 0 Å². The van der Waals surface area contributed by atoms with Crippen LogP contribution in [0.5, 0.6) is 0 Å². The van der Waals surface area contributed by atoms with Gasteiger partial charge in [0.2, 0.25) is 0 Å². The number of hydrogen-bond acceptors (Lipinski definition) is 3. The molecule has 0 aliphatic rings. The van der Waals surface area contributed by atoms with E-state index < -0.39 is 0 Å². The summed E-state index contributed by atoms with van der Waals surface area (Å²) >= 11 is 7.47. The summed E-state index contributed by atoms with van der Waals surface area (Å²) in [4.78, 5) is 0. The van der Waals surface area contributed by atoms with Crippen molar-refractivity contribution in [1.82, 2.24) is 14.8 Å². The largest absolute Gasteiger partial charge is 0.305 e. The van der Waals surface area contributed by atoms with Crippen molar-refractivity contribution in [3.63, 3.8) is 0 Å². The molecular weight excluding hydrogens is 254 g/mol. The molecule has 0 saturated heterocycles. The highest BCUT2D eigenvalue weighted by atomic mass is 35.5. The molecule has 2 aromatic rings. The molecule has 0 N–H and O–H groups in total. The van der Waals surface area contributed by atoms with Gasteiger partial charge < -0.3 is 4.57 Å². The van der Waals surface area contributed by atoms with Gasteiger partial charge >= 0.3 is 0 Å². The van der Waals surface area contributed by atoms with Crippen molar-refractivity contribution in [2.75, 3.05) is 5.75 Å². The van der Waals surface area contributed by atoms with E-state index in [0.717, 1.165) is 27.3 Å². The van der Waals surface area contributed by atoms with Gasteiger partial charge in [-0.3, -0.25) is 0 Å². The van der Waals surface area contributed by atoms with Crippen molar-refractivity contribution in [2.24, 2.45) is 7.05 Å². The molecule has 0 bridgehead atoms. The molecule has 1 aromatic heterocycles. The maximum Gasteiger partial charge on any atom is 0.191 e. The zero-order valence-electron chi connectivity index (χ0n) is 9.43. The zero-order valence-corrected chi connectivity index (χ0v) is 11.0. The summed E-state index contributed by atoms with van der Waals surface area (Å²) in [6, 6.07) is 7.58. The fraction of sp³-hybridized carbons (Fsp3) is 0.167. The van der Waals surface area contributed by atoms with Crippen LogP contribution in [0.25, 0.3) is 11.4 Å². The Morgan fingerprint density at radius 2 is 2.06 bits per heavy atom. The van der Waals surface area contributed by atoms with Crippen LogP contribution >= 0.6 is 23.4 Å². The quantitative estimate of drug-likeness (QED) is 0.627. The predicted molar refractivity (Wildman–Crippen MR) is 72.4 cm³/mol. The van der Waals surface area contributed by atoms with E-state index in [1.807, 2.05) is 42.0 Å². The molecule has 1 heterocycles. The lowest BCUT2D eigenvalue weighted by Gasteiger charge is -2.02. The van der Waals surface area contributed by atoms with E-state index in [1.165, 1.54) is 0 Å². The predicted octanol–water partition coefficient (Wildman–Crippen LogP) is 3.41. The standard InChI is InChI=1S/C12H12ClN3S/c1-3-8-17-12-15-14-11(16(12)2)9-4-6-10(13)7-5-9/h3-7H,1,8H2,2H3. The average Bonchev–Trinajstić information content (AvgIpc) is 2.69. The molecule has 0 saturated carbocycles. The molecule has 1 aromatic carbocycles. The van der Waals surface area contributed by atoms with Crippen LogP contribution in [-0.4, -0.2) is 20.5 Å². The van der Waals surface area contributed by atoms with Gasteiger partial charge in [-0.2, -0.15) is 0 Å². The van der Waals surface area contributed by atoms with E-state index in [4.69, 9.17) is 11.6 Å². The summed E-state index contributed by atoms with van der Waals surface area (Å²) in [6.07, 6.45) is 1.85. The Hall–Kier alpha value is -1.26. The van der Waals surface area contributed by atoms with Gasteiger partial charge in [0.05, 0.1) is 0 Å². The third-order valence-electron chi connectivity index (χ3n) is 2.27. The maximum absolute atomic E-state index is 5.85. The van der Waals surface area contributed by atoms with Crippen molar-refractivity contribution >= 4 is 23.4 Å². The second kappa shape index (κ2) is 5.38. The fourth-order valence-electron chi connectivity index (χ4n) is 1.42. The van der Waals surface area contributed by atoms with Gasteiger partial charge in [0.15, 0.2) is 11.0 Å². The van der Waals surface area contributed by atoms with Gasteiger partial charge in [0, 0.05) is 23.4 Å². The number of benzene rings is 1. The minimum absolute atomic E-state index is 0.720. The van der Waals surface area contributed by atoms with Crippen molar-refractivity contribution in [3.05, 3.63) is 41.9 Å². The van der Waals surface area contributed by atoms with E-state index in [2.05, 4.69) is 16.8 Å². The first-order chi connectivity index (χ1) is 8.22. The number of nitrogens with zero attached hydrogens (tertiary/aromatic N) is 3.